The third-order valence-electron chi connectivity index (χ3n) is 9.04. The molecule has 3 heterocycles. The van der Waals surface area contributed by atoms with Crippen molar-refractivity contribution in [1.82, 2.24) is 0 Å². The van der Waals surface area contributed by atoms with Crippen LogP contribution in [0, 0.1) is 17.3 Å². The summed E-state index contributed by atoms with van der Waals surface area (Å²) in [6.07, 6.45) is -5.05. The smallest absolute Gasteiger partial charge is 0.338 e. The Morgan fingerprint density at radius 3 is 2.37 bits per heavy atom. The van der Waals surface area contributed by atoms with Crippen LogP contribution >= 0.6 is 0 Å². The van der Waals surface area contributed by atoms with Crippen LogP contribution in [-0.4, -0.2) is 97.3 Å². The predicted molar refractivity (Wildman–Crippen MR) is 93.6 cm³/mol. The summed E-state index contributed by atoms with van der Waals surface area (Å²) in [4.78, 5) is 25.2. The first-order valence-corrected chi connectivity index (χ1v) is 10.1. The van der Waals surface area contributed by atoms with E-state index in [0.717, 1.165) is 0 Å². The number of epoxide rings is 1. The average Bonchev–Trinajstić information content (AvgIpc) is 3.44. The van der Waals surface area contributed by atoms with Crippen LogP contribution in [0.15, 0.2) is 11.6 Å². The van der Waals surface area contributed by atoms with Gasteiger partial charge in [-0.3, -0.25) is 4.79 Å². The van der Waals surface area contributed by atoms with Gasteiger partial charge in [-0.15, -0.1) is 0 Å². The SMILES string of the molecule is CC1=CC(=O)[C@@H](O)[C@]2(C)[C@@H]3C45OC[C@]3(O)[C@H](O)[C@@]3(CO3)[C@]4(O)[C@H](O)C(=O)OC5C[C@@H]12. The van der Waals surface area contributed by atoms with Gasteiger partial charge in [0.15, 0.2) is 23.1 Å². The van der Waals surface area contributed by atoms with Crippen molar-refractivity contribution in [2.24, 2.45) is 17.3 Å². The largest absolute Gasteiger partial charge is 0.457 e. The zero-order chi connectivity index (χ0) is 21.6. The van der Waals surface area contributed by atoms with Gasteiger partial charge < -0.3 is 39.7 Å². The number of hydrogen-bond acceptors (Lipinski definition) is 10. The summed E-state index contributed by atoms with van der Waals surface area (Å²) in [5.74, 6) is -3.37. The average molecular weight is 424 g/mol. The number of ether oxygens (including phenoxy) is 3. The van der Waals surface area contributed by atoms with Gasteiger partial charge in [0, 0.05) is 11.3 Å². The van der Waals surface area contributed by atoms with Gasteiger partial charge in [0.05, 0.1) is 13.2 Å². The van der Waals surface area contributed by atoms with Crippen LogP contribution in [0.2, 0.25) is 0 Å². The normalized spacial score (nSPS) is 63.1. The molecule has 30 heavy (non-hydrogen) atoms. The van der Waals surface area contributed by atoms with Gasteiger partial charge >= 0.3 is 5.97 Å². The molecule has 0 aromatic carbocycles. The molecule has 3 aliphatic carbocycles. The molecule has 11 atom stereocenters. The van der Waals surface area contributed by atoms with E-state index in [1.807, 2.05) is 0 Å². The molecule has 6 rings (SSSR count). The molecule has 5 fully saturated rings. The quantitative estimate of drug-likeness (QED) is 0.202. The van der Waals surface area contributed by atoms with Gasteiger partial charge in [0.25, 0.3) is 0 Å². The second-order valence-corrected chi connectivity index (χ2v) is 10.0. The number of carbonyl (C=O) groups is 2. The number of hydrogen-bond donors (Lipinski definition) is 5. The molecule has 0 aromatic heterocycles. The minimum absolute atomic E-state index is 0.0999. The second-order valence-electron chi connectivity index (χ2n) is 10.0. The summed E-state index contributed by atoms with van der Waals surface area (Å²) >= 11 is 0. The van der Waals surface area contributed by atoms with Gasteiger partial charge in [0.1, 0.15) is 29.5 Å². The number of carbonyl (C=O) groups excluding carboxylic acids is 2. The van der Waals surface area contributed by atoms with Crippen LogP contribution in [0.4, 0.5) is 0 Å². The molecule has 0 radical (unpaired) electrons. The highest BCUT2D eigenvalue weighted by Crippen LogP contribution is 2.74. The predicted octanol–water partition coefficient (Wildman–Crippen LogP) is -2.82. The summed E-state index contributed by atoms with van der Waals surface area (Å²) in [7, 11) is 0. The van der Waals surface area contributed by atoms with Crippen molar-refractivity contribution in [3.8, 4) is 0 Å². The molecule has 2 spiro atoms. The van der Waals surface area contributed by atoms with E-state index in [4.69, 9.17) is 14.2 Å². The fourth-order valence-corrected chi connectivity index (χ4v) is 7.80. The molecule has 0 aromatic rings. The minimum atomic E-state index is -2.45. The number of fused-ring (bicyclic) bond motifs is 2. The molecule has 0 amide bonds. The van der Waals surface area contributed by atoms with Gasteiger partial charge in [-0.25, -0.2) is 4.79 Å². The lowest BCUT2D eigenvalue weighted by Gasteiger charge is -2.69. The zero-order valence-corrected chi connectivity index (χ0v) is 16.4. The van der Waals surface area contributed by atoms with Crippen molar-refractivity contribution in [3.63, 3.8) is 0 Å². The van der Waals surface area contributed by atoms with Gasteiger partial charge in [-0.2, -0.15) is 0 Å². The zero-order valence-electron chi connectivity index (χ0n) is 16.4. The van der Waals surface area contributed by atoms with E-state index in [-0.39, 0.29) is 13.0 Å². The first kappa shape index (κ1) is 19.3. The Labute approximate surface area is 171 Å². The Balaban J connectivity index is 1.68. The Bertz CT molecular complexity index is 927. The van der Waals surface area contributed by atoms with E-state index >= 15 is 0 Å². The molecule has 10 heteroatoms. The highest BCUT2D eigenvalue weighted by Gasteiger charge is 2.95. The monoisotopic (exact) mass is 424 g/mol. The number of ketones is 1. The third-order valence-corrected chi connectivity index (χ3v) is 9.04. The molecule has 5 N–H and O–H groups in total. The number of aliphatic hydroxyl groups is 5. The number of aliphatic hydroxyl groups excluding tert-OH is 3. The molecule has 164 valence electrons. The summed E-state index contributed by atoms with van der Waals surface area (Å²) in [6.45, 7) is 2.68. The molecule has 2 bridgehead atoms. The fraction of sp³-hybridized carbons (Fsp3) is 0.800. The van der Waals surface area contributed by atoms with E-state index < -0.39 is 82.4 Å². The Hall–Kier alpha value is -1.40. The van der Waals surface area contributed by atoms with Crippen LogP contribution in [0.5, 0.6) is 0 Å². The molecule has 10 nitrogen and oxygen atoms in total. The Morgan fingerprint density at radius 2 is 1.73 bits per heavy atom. The summed E-state index contributed by atoms with van der Waals surface area (Å²) in [6, 6.07) is 0. The highest BCUT2D eigenvalue weighted by atomic mass is 16.7. The van der Waals surface area contributed by atoms with Crippen LogP contribution in [0.25, 0.3) is 0 Å². The third kappa shape index (κ3) is 1.53. The molecule has 3 saturated heterocycles. The van der Waals surface area contributed by atoms with Crippen LogP contribution in [-0.2, 0) is 23.8 Å². The number of allylic oxidation sites excluding steroid dienone is 1. The summed E-state index contributed by atoms with van der Waals surface area (Å²) < 4.78 is 17.0. The van der Waals surface area contributed by atoms with Crippen LogP contribution in [0.1, 0.15) is 20.3 Å². The van der Waals surface area contributed by atoms with Gasteiger partial charge in [0.2, 0.25) is 0 Å². The van der Waals surface area contributed by atoms with Crippen molar-refractivity contribution in [3.05, 3.63) is 11.6 Å². The van der Waals surface area contributed by atoms with Crippen LogP contribution in [0.3, 0.4) is 0 Å². The van der Waals surface area contributed by atoms with E-state index in [0.29, 0.717) is 5.57 Å². The molecule has 2 unspecified atom stereocenters. The first-order chi connectivity index (χ1) is 13.9. The maximum absolute atomic E-state index is 12.6. The van der Waals surface area contributed by atoms with Crippen molar-refractivity contribution in [2.75, 3.05) is 13.2 Å². The lowest BCUT2D eigenvalue weighted by molar-refractivity contribution is -0.367. The molecule has 6 aliphatic rings. The summed E-state index contributed by atoms with van der Waals surface area (Å²) in [5, 5.41) is 56.8. The van der Waals surface area contributed by atoms with Gasteiger partial charge in [-0.05, 0) is 25.3 Å². The highest BCUT2D eigenvalue weighted by molar-refractivity contribution is 5.96. The standard InChI is InChI=1S/C20H24O10/c1-7-3-9(21)11(22)16(2)8(7)4-10-19-14(16)17(26,5-29-19)15(25)18(6-28-18)20(19,27)12(23)13(24)30-10/h3,8,10-12,14-15,22-23,25-27H,4-6H2,1-2H3/t8-,10?,11+,12+,14-,15-,16+,17+,18-,19?,20+/m0/s1. The van der Waals surface area contributed by atoms with E-state index in [1.165, 1.54) is 6.08 Å². The Kier molecular flexibility index (Phi) is 3.21. The van der Waals surface area contributed by atoms with Gasteiger partial charge in [-0.1, -0.05) is 12.5 Å². The maximum atomic E-state index is 12.6. The summed E-state index contributed by atoms with van der Waals surface area (Å²) in [5.41, 5.74) is -8.91. The number of rotatable bonds is 0. The van der Waals surface area contributed by atoms with Crippen molar-refractivity contribution in [1.29, 1.82) is 0 Å². The number of esters is 1. The van der Waals surface area contributed by atoms with E-state index in [2.05, 4.69) is 0 Å². The molecular weight excluding hydrogens is 400 g/mol. The molecule has 2 saturated carbocycles. The van der Waals surface area contributed by atoms with Crippen molar-refractivity contribution >= 4 is 11.8 Å². The second kappa shape index (κ2) is 4.98. The Morgan fingerprint density at radius 1 is 1.07 bits per heavy atom. The topological polar surface area (TPSA) is 166 Å². The lowest BCUT2D eigenvalue weighted by atomic mass is 9.38. The molecule has 3 aliphatic heterocycles. The van der Waals surface area contributed by atoms with Crippen molar-refractivity contribution < 1.29 is 49.3 Å². The minimum Gasteiger partial charge on any atom is -0.457 e. The first-order valence-electron chi connectivity index (χ1n) is 10.1. The van der Waals surface area contributed by atoms with E-state index in [9.17, 15) is 35.1 Å². The van der Waals surface area contributed by atoms with Crippen molar-refractivity contribution in [2.45, 2.75) is 67.1 Å². The van der Waals surface area contributed by atoms with Crippen LogP contribution < -0.4 is 0 Å². The molecular formula is C20H24O10. The lowest BCUT2D eigenvalue weighted by Crippen LogP contribution is -2.90. The maximum Gasteiger partial charge on any atom is 0.338 e. The fourth-order valence-electron chi connectivity index (χ4n) is 7.80. The van der Waals surface area contributed by atoms with E-state index in [1.54, 1.807) is 13.8 Å².